The Balaban J connectivity index is 2.75. The Labute approximate surface area is 135 Å². The maximum absolute atomic E-state index is 9.58. The number of allylic oxidation sites excluding steroid dienone is 1. The van der Waals surface area contributed by atoms with E-state index < -0.39 is 0 Å². The van der Waals surface area contributed by atoms with Gasteiger partial charge < -0.3 is 4.65 Å². The van der Waals surface area contributed by atoms with Crippen LogP contribution in [0.3, 0.4) is 0 Å². The molecule has 0 aliphatic heterocycles. The highest BCUT2D eigenvalue weighted by Crippen LogP contribution is 2.32. The van der Waals surface area contributed by atoms with Gasteiger partial charge in [0.15, 0.2) is 0 Å². The average Bonchev–Trinajstić information content (AvgIpc) is 2.79. The molecular formula is C15H15BN4OS. The third-order valence-electron chi connectivity index (χ3n) is 3.28. The normalized spacial score (nSPS) is 11.8. The molecule has 110 valence electrons. The zero-order valence-corrected chi connectivity index (χ0v) is 14.0. The van der Waals surface area contributed by atoms with Crippen molar-refractivity contribution < 1.29 is 4.65 Å². The van der Waals surface area contributed by atoms with Gasteiger partial charge in [0.2, 0.25) is 0 Å². The van der Waals surface area contributed by atoms with E-state index in [1.54, 1.807) is 0 Å². The van der Waals surface area contributed by atoms with E-state index in [4.69, 9.17) is 12.7 Å². The molecule has 22 heavy (non-hydrogen) atoms. The van der Waals surface area contributed by atoms with E-state index in [9.17, 15) is 5.26 Å². The zero-order valence-electron chi connectivity index (χ0n) is 13.2. The summed E-state index contributed by atoms with van der Waals surface area (Å²) in [6, 6.07) is 2.16. The lowest BCUT2D eigenvalue weighted by atomic mass is 10.1. The first-order chi connectivity index (χ1) is 10.4. The van der Waals surface area contributed by atoms with Crippen LogP contribution in [-0.4, -0.2) is 23.0 Å². The number of hydrogen-bond donors (Lipinski definition) is 0. The lowest BCUT2D eigenvalue weighted by Gasteiger charge is -2.13. The molecule has 2 aromatic heterocycles. The summed E-state index contributed by atoms with van der Waals surface area (Å²) >= 11 is 1.42. The number of nitriles is 1. The second kappa shape index (κ2) is 6.28. The summed E-state index contributed by atoms with van der Waals surface area (Å²) in [7, 11) is 5.44. The maximum Gasteiger partial charge on any atom is 0.374 e. The van der Waals surface area contributed by atoms with Crippen LogP contribution in [0.4, 0.5) is 0 Å². The number of aryl methyl sites for hydroxylation is 5. The van der Waals surface area contributed by atoms with Crippen LogP contribution in [0, 0.1) is 45.9 Å². The number of aromatic nitrogens is 3. The van der Waals surface area contributed by atoms with Gasteiger partial charge in [-0.2, -0.15) is 5.26 Å². The molecule has 0 unspecified atom stereocenters. The first-order valence-corrected chi connectivity index (χ1v) is 7.48. The minimum Gasteiger partial charge on any atom is -0.565 e. The van der Waals surface area contributed by atoms with E-state index in [-0.39, 0.29) is 5.76 Å². The zero-order chi connectivity index (χ0) is 16.4. The van der Waals surface area contributed by atoms with E-state index >= 15 is 0 Å². The number of hydrogen-bond acceptors (Lipinski definition) is 6. The van der Waals surface area contributed by atoms with Crippen molar-refractivity contribution in [1.29, 1.82) is 5.26 Å². The molecule has 0 saturated heterocycles. The first-order valence-electron chi connectivity index (χ1n) is 6.66. The van der Waals surface area contributed by atoms with Crippen molar-refractivity contribution in [3.05, 3.63) is 38.4 Å². The monoisotopic (exact) mass is 310 g/mol. The highest BCUT2D eigenvalue weighted by atomic mass is 32.1. The summed E-state index contributed by atoms with van der Waals surface area (Å²) in [4.78, 5) is 14.0. The van der Waals surface area contributed by atoms with Crippen LogP contribution in [0.25, 0.3) is 11.3 Å². The quantitative estimate of drug-likeness (QED) is 0.495. The van der Waals surface area contributed by atoms with Gasteiger partial charge in [0.1, 0.15) is 23.1 Å². The summed E-state index contributed by atoms with van der Waals surface area (Å²) in [6.07, 6.45) is 0. The maximum atomic E-state index is 9.58. The van der Waals surface area contributed by atoms with Crippen molar-refractivity contribution >= 4 is 30.7 Å². The second-order valence-corrected chi connectivity index (χ2v) is 6.11. The van der Waals surface area contributed by atoms with Crippen LogP contribution < -0.4 is 0 Å². The summed E-state index contributed by atoms with van der Waals surface area (Å²) in [6.45, 7) is 9.29. The lowest BCUT2D eigenvalue weighted by molar-refractivity contribution is 0.568. The Morgan fingerprint density at radius 2 is 1.64 bits per heavy atom. The van der Waals surface area contributed by atoms with Gasteiger partial charge >= 0.3 is 8.05 Å². The molecule has 0 bridgehead atoms. The van der Waals surface area contributed by atoms with Crippen LogP contribution in [0.1, 0.15) is 38.4 Å². The van der Waals surface area contributed by atoms with Crippen LogP contribution >= 0.6 is 11.3 Å². The Morgan fingerprint density at radius 1 is 1.00 bits per heavy atom. The van der Waals surface area contributed by atoms with Crippen molar-refractivity contribution in [3.63, 3.8) is 0 Å². The van der Waals surface area contributed by atoms with E-state index in [1.165, 1.54) is 11.3 Å². The molecular weight excluding hydrogens is 295 g/mol. The predicted molar refractivity (Wildman–Crippen MR) is 87.1 cm³/mol. The summed E-state index contributed by atoms with van der Waals surface area (Å²) in [5.74, 6) is 0.224. The lowest BCUT2D eigenvalue weighted by Crippen LogP contribution is -2.05. The number of nitrogens with zero attached hydrogens (tertiary/aromatic N) is 4. The van der Waals surface area contributed by atoms with Crippen LogP contribution in [0.2, 0.25) is 0 Å². The van der Waals surface area contributed by atoms with Crippen LogP contribution in [0.5, 0.6) is 0 Å². The largest absolute Gasteiger partial charge is 0.565 e. The highest BCUT2D eigenvalue weighted by Gasteiger charge is 2.20. The molecule has 0 aliphatic rings. The fraction of sp³-hybridized carbons (Fsp3) is 0.333. The minimum absolute atomic E-state index is 0.224. The highest BCUT2D eigenvalue weighted by molar-refractivity contribution is 7.13. The molecule has 0 saturated carbocycles. The molecule has 7 heteroatoms. The van der Waals surface area contributed by atoms with Gasteiger partial charge in [-0.1, -0.05) is 0 Å². The minimum atomic E-state index is 0.224. The second-order valence-electron chi connectivity index (χ2n) is 4.91. The molecule has 2 aromatic rings. The molecule has 2 radical (unpaired) electrons. The first kappa shape index (κ1) is 16.2. The van der Waals surface area contributed by atoms with Gasteiger partial charge in [0, 0.05) is 0 Å². The average molecular weight is 310 g/mol. The SMILES string of the molecule is [B]OC(=C(C#N)c1sc(C)nc1C)c1nc(C)c(C)nc1C. The van der Waals surface area contributed by atoms with Gasteiger partial charge in [-0.15, -0.1) is 11.3 Å². The van der Waals surface area contributed by atoms with Gasteiger partial charge in [-0.05, 0) is 34.6 Å². The third-order valence-corrected chi connectivity index (χ3v) is 4.37. The van der Waals surface area contributed by atoms with E-state index in [0.29, 0.717) is 17.0 Å². The molecule has 0 aromatic carbocycles. The van der Waals surface area contributed by atoms with E-state index in [2.05, 4.69) is 21.0 Å². The van der Waals surface area contributed by atoms with Crippen molar-refractivity contribution in [3.8, 4) is 6.07 Å². The van der Waals surface area contributed by atoms with Crippen LogP contribution in [-0.2, 0) is 4.65 Å². The third kappa shape index (κ3) is 2.88. The summed E-state index contributed by atoms with van der Waals surface area (Å²) < 4.78 is 5.02. The Morgan fingerprint density at radius 3 is 2.14 bits per heavy atom. The Bertz CT molecular complexity index is 805. The van der Waals surface area contributed by atoms with Crippen molar-refractivity contribution in [2.45, 2.75) is 34.6 Å². The topological polar surface area (TPSA) is 71.7 Å². The summed E-state index contributed by atoms with van der Waals surface area (Å²) in [5, 5.41) is 10.5. The summed E-state index contributed by atoms with van der Waals surface area (Å²) in [5.41, 5.74) is 3.84. The smallest absolute Gasteiger partial charge is 0.374 e. The van der Waals surface area contributed by atoms with Gasteiger partial charge in [0.05, 0.1) is 32.7 Å². The van der Waals surface area contributed by atoms with Crippen molar-refractivity contribution in [2.75, 3.05) is 0 Å². The van der Waals surface area contributed by atoms with E-state index in [1.807, 2.05) is 34.6 Å². The van der Waals surface area contributed by atoms with Crippen LogP contribution in [0.15, 0.2) is 0 Å². The molecule has 0 aliphatic carbocycles. The fourth-order valence-electron chi connectivity index (χ4n) is 2.13. The standard InChI is InChI=1S/C15H15BN4OS/c1-7-8(2)20-13(9(3)18-7)14(21-16)12(6-17)15-10(4)19-11(5)22-15/h1-5H3. The van der Waals surface area contributed by atoms with Gasteiger partial charge in [0.25, 0.3) is 0 Å². The molecule has 2 heterocycles. The molecule has 0 fully saturated rings. The molecule has 0 N–H and O–H groups in total. The molecule has 0 amide bonds. The van der Waals surface area contributed by atoms with Gasteiger partial charge in [-0.25, -0.2) is 9.97 Å². The fourth-order valence-corrected chi connectivity index (χ4v) is 3.04. The Hall–Kier alpha value is -2.20. The molecule has 0 spiro atoms. The van der Waals surface area contributed by atoms with Crippen molar-refractivity contribution in [1.82, 2.24) is 15.0 Å². The van der Waals surface area contributed by atoms with E-state index in [0.717, 1.165) is 27.0 Å². The molecule has 2 rings (SSSR count). The van der Waals surface area contributed by atoms with Crippen molar-refractivity contribution in [2.24, 2.45) is 0 Å². The molecule has 5 nitrogen and oxygen atoms in total. The van der Waals surface area contributed by atoms with Gasteiger partial charge in [-0.3, -0.25) is 4.98 Å². The number of thiazole rings is 1. The Kier molecular flexibility index (Phi) is 4.62. The predicted octanol–water partition coefficient (Wildman–Crippen LogP) is 2.97. The number of rotatable bonds is 3. The molecule has 0 atom stereocenters.